The maximum absolute atomic E-state index is 13.0. The van der Waals surface area contributed by atoms with E-state index in [1.165, 1.54) is 5.56 Å². The van der Waals surface area contributed by atoms with Gasteiger partial charge in [-0.3, -0.25) is 14.5 Å². The summed E-state index contributed by atoms with van der Waals surface area (Å²) in [4.78, 5) is 41.7. The van der Waals surface area contributed by atoms with E-state index in [9.17, 15) is 9.59 Å². The van der Waals surface area contributed by atoms with Crippen LogP contribution in [-0.2, 0) is 22.6 Å². The molecular weight excluding hydrogens is 555 g/mol. The van der Waals surface area contributed by atoms with Crippen molar-refractivity contribution >= 4 is 68.1 Å². The maximum atomic E-state index is 13.0. The number of halogens is 2. The summed E-state index contributed by atoms with van der Waals surface area (Å²) in [5, 5.41) is 5.32. The highest BCUT2D eigenvalue weighted by Gasteiger charge is 2.25. The summed E-state index contributed by atoms with van der Waals surface area (Å²) < 4.78 is 0. The summed E-state index contributed by atoms with van der Waals surface area (Å²) >= 11 is 13.9. The molecule has 0 saturated heterocycles. The van der Waals surface area contributed by atoms with Gasteiger partial charge in [0.15, 0.2) is 0 Å². The summed E-state index contributed by atoms with van der Waals surface area (Å²) in [5.74, 6) is 0.877. The lowest BCUT2D eigenvalue weighted by Gasteiger charge is -2.26. The molecule has 0 radical (unpaired) electrons. The predicted molar refractivity (Wildman–Crippen MR) is 160 cm³/mol. The highest BCUT2D eigenvalue weighted by atomic mass is 35.5. The number of nitrogens with one attached hydrogen (secondary N) is 1. The van der Waals surface area contributed by atoms with Crippen LogP contribution >= 0.6 is 34.5 Å². The number of anilines is 2. The minimum Gasteiger partial charge on any atom is -0.349 e. The molecule has 0 unspecified atom stereocenters. The van der Waals surface area contributed by atoms with E-state index in [4.69, 9.17) is 23.2 Å². The maximum Gasteiger partial charge on any atom is 0.246 e. The zero-order chi connectivity index (χ0) is 27.9. The third-order valence-electron chi connectivity index (χ3n) is 6.66. The Hall–Kier alpha value is -2.72. The Morgan fingerprint density at radius 2 is 2.00 bits per heavy atom. The third kappa shape index (κ3) is 7.48. The second kappa shape index (κ2) is 13.6. The minimum absolute atomic E-state index is 0.0116. The van der Waals surface area contributed by atoms with Gasteiger partial charge in [-0.25, -0.2) is 9.97 Å². The van der Waals surface area contributed by atoms with Crippen molar-refractivity contribution in [1.29, 1.82) is 0 Å². The zero-order valence-electron chi connectivity index (χ0n) is 22.5. The fourth-order valence-corrected chi connectivity index (χ4v) is 6.12. The predicted octanol–water partition coefficient (Wildman–Crippen LogP) is 5.76. The van der Waals surface area contributed by atoms with Gasteiger partial charge in [-0.05, 0) is 56.1 Å². The molecule has 0 bridgehead atoms. The molecule has 39 heavy (non-hydrogen) atoms. The highest BCUT2D eigenvalue weighted by molar-refractivity contribution is 7.19. The number of thiophene rings is 1. The average molecular weight is 590 g/mol. The van der Waals surface area contributed by atoms with Crippen molar-refractivity contribution in [3.05, 3.63) is 57.2 Å². The summed E-state index contributed by atoms with van der Waals surface area (Å²) in [6.07, 6.45) is 8.28. The van der Waals surface area contributed by atoms with E-state index in [1.807, 2.05) is 17.0 Å². The quantitative estimate of drug-likeness (QED) is 0.287. The normalized spacial score (nSPS) is 13.3. The largest absolute Gasteiger partial charge is 0.349 e. The average Bonchev–Trinajstić information content (AvgIpc) is 3.29. The van der Waals surface area contributed by atoms with E-state index in [-0.39, 0.29) is 11.8 Å². The number of carbonyl (C=O) groups excluding carboxylic acids is 2. The Morgan fingerprint density at radius 1 is 1.18 bits per heavy atom. The monoisotopic (exact) mass is 588 g/mol. The van der Waals surface area contributed by atoms with Gasteiger partial charge in [-0.2, -0.15) is 0 Å². The van der Waals surface area contributed by atoms with Gasteiger partial charge in [0.05, 0.1) is 22.0 Å². The number of benzene rings is 1. The van der Waals surface area contributed by atoms with Crippen LogP contribution in [-0.4, -0.2) is 76.8 Å². The molecule has 1 N–H and O–H groups in total. The van der Waals surface area contributed by atoms with E-state index in [1.54, 1.807) is 54.9 Å². The van der Waals surface area contributed by atoms with E-state index in [2.05, 4.69) is 27.1 Å². The van der Waals surface area contributed by atoms with E-state index in [0.29, 0.717) is 36.1 Å². The van der Waals surface area contributed by atoms with Gasteiger partial charge in [0.2, 0.25) is 11.8 Å². The number of amides is 2. The molecule has 0 saturated carbocycles. The smallest absolute Gasteiger partial charge is 0.246 e. The van der Waals surface area contributed by atoms with Crippen LogP contribution < -0.4 is 5.32 Å². The van der Waals surface area contributed by atoms with Crippen LogP contribution in [0.4, 0.5) is 11.5 Å². The molecule has 208 valence electrons. The van der Waals surface area contributed by atoms with Gasteiger partial charge in [0.25, 0.3) is 0 Å². The molecule has 3 aromatic rings. The van der Waals surface area contributed by atoms with Crippen molar-refractivity contribution in [2.24, 2.45) is 0 Å². The highest BCUT2D eigenvalue weighted by Crippen LogP contribution is 2.38. The molecule has 8 nitrogen and oxygen atoms in total. The molecule has 0 aliphatic carbocycles. The number of hydrogen-bond acceptors (Lipinski definition) is 7. The van der Waals surface area contributed by atoms with Gasteiger partial charge >= 0.3 is 0 Å². The fraction of sp³-hybridized carbons (Fsp3) is 0.429. The number of aromatic nitrogens is 2. The van der Waals surface area contributed by atoms with Crippen molar-refractivity contribution < 1.29 is 9.59 Å². The second-order valence-corrected chi connectivity index (χ2v) is 11.7. The third-order valence-corrected chi connectivity index (χ3v) is 8.52. The molecule has 11 heteroatoms. The van der Waals surface area contributed by atoms with Crippen molar-refractivity contribution in [3.63, 3.8) is 0 Å². The molecule has 0 spiro atoms. The van der Waals surface area contributed by atoms with Crippen LogP contribution in [0.15, 0.2) is 36.7 Å². The van der Waals surface area contributed by atoms with Gasteiger partial charge in [-0.15, -0.1) is 11.3 Å². The van der Waals surface area contributed by atoms with Crippen LogP contribution in [0.1, 0.15) is 36.6 Å². The number of carbonyl (C=O) groups is 2. The van der Waals surface area contributed by atoms with E-state index in [0.717, 1.165) is 59.0 Å². The van der Waals surface area contributed by atoms with E-state index < -0.39 is 0 Å². The van der Waals surface area contributed by atoms with Crippen LogP contribution in [0.3, 0.4) is 0 Å². The van der Waals surface area contributed by atoms with Crippen LogP contribution in [0.5, 0.6) is 0 Å². The first kappa shape index (κ1) is 29.3. The lowest BCUT2D eigenvalue weighted by molar-refractivity contribution is -0.129. The molecule has 1 aliphatic heterocycles. The summed E-state index contributed by atoms with van der Waals surface area (Å²) in [5.41, 5.74) is 1.98. The number of fused-ring (bicyclic) bond motifs is 3. The van der Waals surface area contributed by atoms with Crippen LogP contribution in [0.2, 0.25) is 10.0 Å². The van der Waals surface area contributed by atoms with Crippen LogP contribution in [0, 0.1) is 0 Å². The number of nitrogens with zero attached hydrogens (tertiary/aromatic N) is 5. The van der Waals surface area contributed by atoms with Crippen molar-refractivity contribution in [2.45, 2.75) is 39.2 Å². The van der Waals surface area contributed by atoms with Crippen molar-refractivity contribution in [3.8, 4) is 0 Å². The first-order valence-electron chi connectivity index (χ1n) is 13.1. The lowest BCUT2D eigenvalue weighted by atomic mass is 10.0. The minimum atomic E-state index is 0.0116. The molecule has 0 atom stereocenters. The topological polar surface area (TPSA) is 81.7 Å². The standard InChI is InChI=1S/C28H34Cl2N6O2S/c1-4-12-35(13-5-7-24(37)34(2)3)14-6-8-25(38)36-15-11-20-23(17-36)39-28-26(20)27(31-18-32-28)33-19-9-10-21(29)22(30)16-19/h6,8-10,16,18H,4-5,7,11-15,17H2,1-3H3,(H,31,32,33)/b8-6+. The number of hydrogen-bond donors (Lipinski definition) is 1. The SMILES string of the molecule is CCCN(C/C=C/C(=O)N1CCc2c(sc3ncnc(Nc4ccc(Cl)c(Cl)c4)c23)C1)CCCC(=O)N(C)C. The lowest BCUT2D eigenvalue weighted by Crippen LogP contribution is -2.34. The molecule has 1 aromatic carbocycles. The molecule has 4 rings (SSSR count). The van der Waals surface area contributed by atoms with Gasteiger partial charge < -0.3 is 15.1 Å². The molecule has 2 aromatic heterocycles. The Labute approximate surface area is 243 Å². The fourth-order valence-electron chi connectivity index (χ4n) is 4.62. The Bertz CT molecular complexity index is 1360. The number of rotatable bonds is 11. The Balaban J connectivity index is 1.39. The zero-order valence-corrected chi connectivity index (χ0v) is 24.9. The molecule has 3 heterocycles. The Kier molecular flexibility index (Phi) is 10.2. The first-order valence-corrected chi connectivity index (χ1v) is 14.7. The van der Waals surface area contributed by atoms with Crippen molar-refractivity contribution in [1.82, 2.24) is 24.7 Å². The van der Waals surface area contributed by atoms with Crippen LogP contribution in [0.25, 0.3) is 10.2 Å². The molecule has 1 aliphatic rings. The molecule has 2 amide bonds. The van der Waals surface area contributed by atoms with E-state index >= 15 is 0 Å². The summed E-state index contributed by atoms with van der Waals surface area (Å²) in [7, 11) is 3.56. The Morgan fingerprint density at radius 3 is 2.74 bits per heavy atom. The van der Waals surface area contributed by atoms with Gasteiger partial charge in [-0.1, -0.05) is 36.2 Å². The molecule has 0 fully saturated rings. The summed E-state index contributed by atoms with van der Waals surface area (Å²) in [6, 6.07) is 5.38. The summed E-state index contributed by atoms with van der Waals surface area (Å²) in [6.45, 7) is 5.78. The van der Waals surface area contributed by atoms with Crippen molar-refractivity contribution in [2.75, 3.05) is 45.6 Å². The first-order chi connectivity index (χ1) is 18.8. The second-order valence-electron chi connectivity index (χ2n) is 9.76. The molecular formula is C28H34Cl2N6O2S. The van der Waals surface area contributed by atoms with Gasteiger partial charge in [0.1, 0.15) is 17.0 Å². The van der Waals surface area contributed by atoms with Gasteiger partial charge in [0, 0.05) is 50.2 Å².